The van der Waals surface area contributed by atoms with Crippen LogP contribution in [0.2, 0.25) is 0 Å². The first-order valence-corrected chi connectivity index (χ1v) is 34.4. The molecule has 0 bridgehead atoms. The number of rotatable bonds is 10. The molecule has 15 aromatic carbocycles. The van der Waals surface area contributed by atoms with Gasteiger partial charge < -0.3 is 22.8 Å². The Morgan fingerprint density at radius 3 is 0.713 bits per heavy atom. The average molecular weight is 1290 g/mol. The van der Waals surface area contributed by atoms with Crippen LogP contribution >= 0.6 is 0 Å². The van der Waals surface area contributed by atoms with Crippen LogP contribution in [0.4, 0.5) is 0 Å². The molecule has 0 unspecified atom stereocenters. The van der Waals surface area contributed by atoms with Crippen LogP contribution in [0, 0.1) is 0 Å². The van der Waals surface area contributed by atoms with Crippen molar-refractivity contribution in [2.75, 3.05) is 0 Å². The highest BCUT2D eigenvalue weighted by atomic mass is 15.1. The van der Waals surface area contributed by atoms with Crippen molar-refractivity contribution < 1.29 is 0 Å². The molecule has 8 nitrogen and oxygen atoms in total. The monoisotopic (exact) mass is 1290 g/mol. The lowest BCUT2D eigenvalue weighted by molar-refractivity contribution is 1.07. The number of benzene rings is 15. The van der Waals surface area contributed by atoms with Crippen molar-refractivity contribution in [1.29, 1.82) is 0 Å². The summed E-state index contributed by atoms with van der Waals surface area (Å²) in [5.41, 5.74) is 23.1. The molecular formula is C93H58N8. The van der Waals surface area contributed by atoms with E-state index in [1.54, 1.807) is 0 Å². The Kier molecular flexibility index (Phi) is 12.5. The summed E-state index contributed by atoms with van der Waals surface area (Å²) >= 11 is 0. The van der Waals surface area contributed by atoms with Gasteiger partial charge in [-0.3, -0.25) is 0 Å². The van der Waals surface area contributed by atoms with Gasteiger partial charge in [0, 0.05) is 104 Å². The quantitative estimate of drug-likeness (QED) is 0.137. The fourth-order valence-electron chi connectivity index (χ4n) is 16.3. The molecule has 6 aromatic heterocycles. The molecular weight excluding hydrogens is 1230 g/mol. The van der Waals surface area contributed by atoms with E-state index in [-0.39, 0.29) is 0 Å². The molecule has 0 amide bonds. The Labute approximate surface area is 580 Å². The highest BCUT2D eigenvalue weighted by molar-refractivity contribution is 6.16. The Morgan fingerprint density at radius 2 is 0.406 bits per heavy atom. The summed E-state index contributed by atoms with van der Waals surface area (Å²) in [6.07, 6.45) is 0. The summed E-state index contributed by atoms with van der Waals surface area (Å²) in [6, 6.07) is 128. The van der Waals surface area contributed by atoms with Crippen molar-refractivity contribution in [2.24, 2.45) is 0 Å². The molecule has 470 valence electrons. The van der Waals surface area contributed by atoms with Gasteiger partial charge in [-0.15, -0.1) is 0 Å². The van der Waals surface area contributed by atoms with Crippen LogP contribution in [0.15, 0.2) is 352 Å². The van der Waals surface area contributed by atoms with Crippen molar-refractivity contribution in [3.05, 3.63) is 352 Å². The first-order valence-electron chi connectivity index (χ1n) is 34.4. The maximum Gasteiger partial charge on any atom is 0.164 e. The molecule has 21 rings (SSSR count). The lowest BCUT2D eigenvalue weighted by atomic mass is 9.92. The second kappa shape index (κ2) is 22.4. The van der Waals surface area contributed by atoms with E-state index >= 15 is 0 Å². The number of aromatic nitrogens is 8. The third kappa shape index (κ3) is 8.78. The van der Waals surface area contributed by atoms with Crippen LogP contribution in [0.5, 0.6) is 0 Å². The van der Waals surface area contributed by atoms with Crippen molar-refractivity contribution in [3.8, 4) is 84.9 Å². The molecule has 6 heterocycles. The van der Waals surface area contributed by atoms with Gasteiger partial charge in [-0.05, 0) is 132 Å². The zero-order chi connectivity index (χ0) is 66.2. The lowest BCUT2D eigenvalue weighted by Crippen LogP contribution is -2.05. The number of nitrogens with zero attached hydrogens (tertiary/aromatic N) is 8. The van der Waals surface area contributed by atoms with Crippen LogP contribution in [-0.4, -0.2) is 37.8 Å². The normalized spacial score (nSPS) is 12.0. The summed E-state index contributed by atoms with van der Waals surface area (Å²) in [6.45, 7) is 0. The van der Waals surface area contributed by atoms with Crippen LogP contribution in [0.1, 0.15) is 0 Å². The molecule has 8 heteroatoms. The summed E-state index contributed by atoms with van der Waals surface area (Å²) in [5.74, 6) is 1.73. The molecule has 0 N–H and O–H groups in total. The van der Waals surface area contributed by atoms with E-state index in [4.69, 9.17) is 15.0 Å². The molecule has 0 atom stereocenters. The minimum atomic E-state index is 0.553. The third-order valence-electron chi connectivity index (χ3n) is 20.7. The third-order valence-corrected chi connectivity index (χ3v) is 20.7. The zero-order valence-electron chi connectivity index (χ0n) is 54.6. The van der Waals surface area contributed by atoms with Gasteiger partial charge >= 0.3 is 0 Å². The van der Waals surface area contributed by atoms with Crippen molar-refractivity contribution >= 4 is 109 Å². The summed E-state index contributed by atoms with van der Waals surface area (Å²) < 4.78 is 12.3. The first-order chi connectivity index (χ1) is 50.1. The average Bonchev–Trinajstić information content (AvgIpc) is 1.60. The number of fused-ring (bicyclic) bond motifs is 15. The summed E-state index contributed by atoms with van der Waals surface area (Å²) in [4.78, 5) is 16.3. The number of para-hydroxylation sites is 8. The molecule has 0 aliphatic rings. The van der Waals surface area contributed by atoms with Crippen molar-refractivity contribution in [2.45, 2.75) is 0 Å². The molecule has 0 aliphatic heterocycles. The molecule has 21 aromatic rings. The highest BCUT2D eigenvalue weighted by Crippen LogP contribution is 2.48. The van der Waals surface area contributed by atoms with Crippen LogP contribution < -0.4 is 0 Å². The molecule has 0 radical (unpaired) electrons. The van der Waals surface area contributed by atoms with Gasteiger partial charge in [-0.2, -0.15) is 0 Å². The molecule has 0 spiro atoms. The fourth-order valence-corrected chi connectivity index (χ4v) is 16.3. The fraction of sp³-hybridized carbons (Fsp3) is 0. The minimum Gasteiger partial charge on any atom is -0.309 e. The van der Waals surface area contributed by atoms with Crippen LogP contribution in [0.25, 0.3) is 194 Å². The Balaban J connectivity index is 0.915. The van der Waals surface area contributed by atoms with Gasteiger partial charge in [0.2, 0.25) is 0 Å². The minimum absolute atomic E-state index is 0.553. The van der Waals surface area contributed by atoms with Gasteiger partial charge in [-0.25, -0.2) is 15.0 Å². The summed E-state index contributed by atoms with van der Waals surface area (Å²) in [5, 5.41) is 11.9. The second-order valence-corrected chi connectivity index (χ2v) is 26.3. The van der Waals surface area contributed by atoms with Crippen molar-refractivity contribution in [3.63, 3.8) is 0 Å². The van der Waals surface area contributed by atoms with E-state index < -0.39 is 0 Å². The molecule has 0 saturated carbocycles. The standard InChI is InChI=1S/C93H58N8/c1-3-25-59(26-4-1)91-94-92(60-27-5-2-6-28-60)96-93(95-91)63-55-76(61-29-23-31-64(53-61)97-80-41-15-7-33-68(80)69-34-8-16-42-81(69)97)90(77(56-63)62-30-24-32-65(54-62)98-82-43-17-9-35-70(82)71-36-10-18-44-83(71)98)101-88-51-49-66(99-84-45-19-11-37-72(84)73-38-12-20-46-85(73)99)57-78(88)79-58-67(50-52-89(79)101)100-86-47-21-13-39-74(86)75-40-14-22-48-87(75)100/h1-58H. The van der Waals surface area contributed by atoms with Crippen LogP contribution in [0.3, 0.4) is 0 Å². The van der Waals surface area contributed by atoms with E-state index in [1.165, 1.54) is 43.1 Å². The van der Waals surface area contributed by atoms with Gasteiger partial charge in [0.05, 0.1) is 60.9 Å². The van der Waals surface area contributed by atoms with Gasteiger partial charge in [-0.1, -0.05) is 231 Å². The highest BCUT2D eigenvalue weighted by Gasteiger charge is 2.27. The molecule has 101 heavy (non-hydrogen) atoms. The molecule has 0 fully saturated rings. The molecule has 0 aliphatic carbocycles. The van der Waals surface area contributed by atoms with E-state index in [0.717, 1.165) is 133 Å². The lowest BCUT2D eigenvalue weighted by Gasteiger charge is -2.22. The summed E-state index contributed by atoms with van der Waals surface area (Å²) in [7, 11) is 0. The van der Waals surface area contributed by atoms with E-state index in [2.05, 4.69) is 338 Å². The maximum absolute atomic E-state index is 5.53. The Morgan fingerprint density at radius 1 is 0.158 bits per heavy atom. The topological polar surface area (TPSA) is 63.3 Å². The first kappa shape index (κ1) is 56.5. The zero-order valence-corrected chi connectivity index (χ0v) is 54.6. The van der Waals surface area contributed by atoms with E-state index in [9.17, 15) is 0 Å². The van der Waals surface area contributed by atoms with Crippen molar-refractivity contribution in [1.82, 2.24) is 37.8 Å². The predicted octanol–water partition coefficient (Wildman–Crippen LogP) is 23.7. The predicted molar refractivity (Wildman–Crippen MR) is 419 cm³/mol. The van der Waals surface area contributed by atoms with Gasteiger partial charge in [0.15, 0.2) is 17.5 Å². The Bertz CT molecular complexity index is 6340. The van der Waals surface area contributed by atoms with Crippen LogP contribution in [-0.2, 0) is 0 Å². The van der Waals surface area contributed by atoms with E-state index in [1.807, 2.05) is 36.4 Å². The molecule has 0 saturated heterocycles. The number of hydrogen-bond donors (Lipinski definition) is 0. The smallest absolute Gasteiger partial charge is 0.164 e. The van der Waals surface area contributed by atoms with Gasteiger partial charge in [0.1, 0.15) is 0 Å². The van der Waals surface area contributed by atoms with Gasteiger partial charge in [0.25, 0.3) is 0 Å². The maximum atomic E-state index is 5.53. The Hall–Kier alpha value is -13.7. The number of hydrogen-bond acceptors (Lipinski definition) is 3. The van der Waals surface area contributed by atoms with E-state index in [0.29, 0.717) is 17.5 Å². The largest absolute Gasteiger partial charge is 0.309 e. The SMILES string of the molecule is c1ccc(-c2nc(-c3ccccc3)nc(-c3cc(-c4cccc(-n5c6ccccc6c6ccccc65)c4)c(-n4c5ccc(-n6c7ccccc7c7ccccc76)cc5c5cc(-n6c7ccccc7c7ccccc76)ccc54)c(-c4cccc(-n5c6ccccc6c6ccccc65)c4)c3)n2)cc1. The second-order valence-electron chi connectivity index (χ2n) is 26.3.